The molecule has 2 aromatic carbocycles. The number of methoxy groups -OCH3 is 1. The van der Waals surface area contributed by atoms with E-state index in [1.807, 2.05) is 18.2 Å². The van der Waals surface area contributed by atoms with E-state index < -0.39 is 0 Å². The van der Waals surface area contributed by atoms with Gasteiger partial charge in [-0.05, 0) is 23.3 Å². The molecule has 0 saturated carbocycles. The molecule has 0 aliphatic carbocycles. The maximum atomic E-state index is 5.64. The molecule has 18 heavy (non-hydrogen) atoms. The van der Waals surface area contributed by atoms with E-state index in [1.165, 1.54) is 11.1 Å². The van der Waals surface area contributed by atoms with Crippen LogP contribution in [-0.4, -0.2) is 7.11 Å². The van der Waals surface area contributed by atoms with E-state index in [-0.39, 0.29) is 0 Å². The van der Waals surface area contributed by atoms with Gasteiger partial charge in [-0.3, -0.25) is 0 Å². The molecular weight excluding hydrogens is 242 g/mol. The van der Waals surface area contributed by atoms with Crippen molar-refractivity contribution in [1.29, 1.82) is 0 Å². The maximum Gasteiger partial charge on any atom is 0.132 e. The third-order valence-corrected chi connectivity index (χ3v) is 3.82. The van der Waals surface area contributed by atoms with Crippen molar-refractivity contribution >= 4 is 11.8 Å². The van der Waals surface area contributed by atoms with Crippen LogP contribution in [0.15, 0.2) is 53.4 Å². The fourth-order valence-electron chi connectivity index (χ4n) is 1.75. The van der Waals surface area contributed by atoms with Crippen LogP contribution in [0.5, 0.6) is 5.75 Å². The highest BCUT2D eigenvalue weighted by Crippen LogP contribution is 2.31. The van der Waals surface area contributed by atoms with E-state index in [2.05, 4.69) is 30.3 Å². The lowest BCUT2D eigenvalue weighted by atomic mass is 10.1. The standard InChI is InChI=1S/C15H17NOS/c1-17-14-7-2-3-8-15(14)18-11-13-6-4-5-12(9-13)10-16/h2-9H,10-11,16H2,1H3. The summed E-state index contributed by atoms with van der Waals surface area (Å²) in [5, 5.41) is 0. The van der Waals surface area contributed by atoms with E-state index in [1.54, 1.807) is 18.9 Å². The van der Waals surface area contributed by atoms with Gasteiger partial charge in [0.25, 0.3) is 0 Å². The number of hydrogen-bond donors (Lipinski definition) is 1. The predicted molar refractivity (Wildman–Crippen MR) is 76.9 cm³/mol. The molecule has 2 nitrogen and oxygen atoms in total. The molecule has 3 heteroatoms. The lowest BCUT2D eigenvalue weighted by Crippen LogP contribution is -1.96. The quantitative estimate of drug-likeness (QED) is 0.835. The van der Waals surface area contributed by atoms with Crippen molar-refractivity contribution in [2.75, 3.05) is 7.11 Å². The number of thioether (sulfide) groups is 1. The Hall–Kier alpha value is -1.45. The number of nitrogens with two attached hydrogens (primary N) is 1. The average molecular weight is 259 g/mol. The molecule has 0 unspecified atom stereocenters. The van der Waals surface area contributed by atoms with Gasteiger partial charge in [0.2, 0.25) is 0 Å². The minimum atomic E-state index is 0.590. The monoisotopic (exact) mass is 259 g/mol. The Morgan fingerprint density at radius 2 is 1.83 bits per heavy atom. The molecule has 0 aromatic heterocycles. The highest BCUT2D eigenvalue weighted by Gasteiger charge is 2.03. The van der Waals surface area contributed by atoms with Gasteiger partial charge in [0.1, 0.15) is 5.75 Å². The first-order valence-electron chi connectivity index (χ1n) is 5.87. The number of hydrogen-bond acceptors (Lipinski definition) is 3. The average Bonchev–Trinajstić information content (AvgIpc) is 2.45. The van der Waals surface area contributed by atoms with Crippen LogP contribution in [0.25, 0.3) is 0 Å². The van der Waals surface area contributed by atoms with Crippen molar-refractivity contribution in [3.05, 3.63) is 59.7 Å². The van der Waals surface area contributed by atoms with Gasteiger partial charge in [0, 0.05) is 17.2 Å². The summed E-state index contributed by atoms with van der Waals surface area (Å²) in [6.07, 6.45) is 0. The molecular formula is C15H17NOS. The highest BCUT2D eigenvalue weighted by molar-refractivity contribution is 7.98. The lowest BCUT2D eigenvalue weighted by molar-refractivity contribution is 0.405. The zero-order chi connectivity index (χ0) is 12.8. The number of ether oxygens (including phenoxy) is 1. The van der Waals surface area contributed by atoms with Gasteiger partial charge >= 0.3 is 0 Å². The summed E-state index contributed by atoms with van der Waals surface area (Å²) in [6.45, 7) is 0.590. The van der Waals surface area contributed by atoms with E-state index in [9.17, 15) is 0 Å². The Morgan fingerprint density at radius 3 is 2.61 bits per heavy atom. The first kappa shape index (κ1) is 13.0. The summed E-state index contributed by atoms with van der Waals surface area (Å²) in [4.78, 5) is 1.16. The second-order valence-corrected chi connectivity index (χ2v) is 4.98. The van der Waals surface area contributed by atoms with Crippen LogP contribution >= 0.6 is 11.8 Å². The molecule has 0 saturated heterocycles. The molecule has 0 amide bonds. The highest BCUT2D eigenvalue weighted by atomic mass is 32.2. The molecule has 0 fully saturated rings. The molecule has 94 valence electrons. The molecule has 0 bridgehead atoms. The Balaban J connectivity index is 2.06. The van der Waals surface area contributed by atoms with Crippen LogP contribution in [0.3, 0.4) is 0 Å². The zero-order valence-corrected chi connectivity index (χ0v) is 11.2. The Labute approximate surface area is 112 Å². The predicted octanol–water partition coefficient (Wildman–Crippen LogP) is 3.45. The van der Waals surface area contributed by atoms with Gasteiger partial charge in [-0.1, -0.05) is 36.4 Å². The van der Waals surface area contributed by atoms with E-state index in [0.717, 1.165) is 16.4 Å². The van der Waals surface area contributed by atoms with Crippen molar-refractivity contribution in [1.82, 2.24) is 0 Å². The van der Waals surface area contributed by atoms with Gasteiger partial charge < -0.3 is 10.5 Å². The largest absolute Gasteiger partial charge is 0.496 e. The number of para-hydroxylation sites is 1. The second-order valence-electron chi connectivity index (χ2n) is 3.96. The third kappa shape index (κ3) is 3.28. The van der Waals surface area contributed by atoms with Crippen LogP contribution < -0.4 is 10.5 Å². The molecule has 0 aliphatic rings. The minimum absolute atomic E-state index is 0.590. The first-order valence-corrected chi connectivity index (χ1v) is 6.85. The summed E-state index contributed by atoms with van der Waals surface area (Å²) in [6, 6.07) is 16.5. The van der Waals surface area contributed by atoms with Gasteiger partial charge in [0.05, 0.1) is 7.11 Å². The summed E-state index contributed by atoms with van der Waals surface area (Å²) in [5.41, 5.74) is 8.10. The summed E-state index contributed by atoms with van der Waals surface area (Å²) >= 11 is 1.78. The molecule has 2 aromatic rings. The van der Waals surface area contributed by atoms with E-state index in [0.29, 0.717) is 6.54 Å². The number of rotatable bonds is 5. The fraction of sp³-hybridized carbons (Fsp3) is 0.200. The van der Waals surface area contributed by atoms with E-state index in [4.69, 9.17) is 10.5 Å². The summed E-state index contributed by atoms with van der Waals surface area (Å²) < 4.78 is 5.34. The van der Waals surface area contributed by atoms with Gasteiger partial charge in [-0.25, -0.2) is 0 Å². The molecule has 0 radical (unpaired) electrons. The molecule has 2 N–H and O–H groups in total. The molecule has 0 heterocycles. The zero-order valence-electron chi connectivity index (χ0n) is 10.4. The third-order valence-electron chi connectivity index (χ3n) is 2.69. The summed E-state index contributed by atoms with van der Waals surface area (Å²) in [5.74, 6) is 1.85. The van der Waals surface area contributed by atoms with Crippen LogP contribution in [0, 0.1) is 0 Å². The Morgan fingerprint density at radius 1 is 1.06 bits per heavy atom. The molecule has 2 rings (SSSR count). The van der Waals surface area contributed by atoms with Crippen LogP contribution in [0.1, 0.15) is 11.1 Å². The molecule has 0 atom stereocenters. The molecule has 0 spiro atoms. The van der Waals surface area contributed by atoms with Gasteiger partial charge in [-0.15, -0.1) is 11.8 Å². The Kier molecular flexibility index (Phi) is 4.67. The minimum Gasteiger partial charge on any atom is -0.496 e. The SMILES string of the molecule is COc1ccccc1SCc1cccc(CN)c1. The van der Waals surface area contributed by atoms with Gasteiger partial charge in [0.15, 0.2) is 0 Å². The topological polar surface area (TPSA) is 35.2 Å². The Bertz CT molecular complexity index is 513. The van der Waals surface area contributed by atoms with Crippen LogP contribution in [-0.2, 0) is 12.3 Å². The van der Waals surface area contributed by atoms with Crippen molar-refractivity contribution in [2.45, 2.75) is 17.2 Å². The normalized spacial score (nSPS) is 10.3. The fourth-order valence-corrected chi connectivity index (χ4v) is 2.72. The second kappa shape index (κ2) is 6.47. The van der Waals surface area contributed by atoms with Gasteiger partial charge in [-0.2, -0.15) is 0 Å². The maximum absolute atomic E-state index is 5.64. The van der Waals surface area contributed by atoms with Crippen LogP contribution in [0.4, 0.5) is 0 Å². The smallest absolute Gasteiger partial charge is 0.132 e. The number of benzene rings is 2. The van der Waals surface area contributed by atoms with Crippen LogP contribution in [0.2, 0.25) is 0 Å². The van der Waals surface area contributed by atoms with Crippen molar-refractivity contribution in [3.63, 3.8) is 0 Å². The van der Waals surface area contributed by atoms with Crippen molar-refractivity contribution in [3.8, 4) is 5.75 Å². The summed E-state index contributed by atoms with van der Waals surface area (Å²) in [7, 11) is 1.70. The first-order chi connectivity index (χ1) is 8.83. The van der Waals surface area contributed by atoms with E-state index >= 15 is 0 Å². The van der Waals surface area contributed by atoms with Crippen molar-refractivity contribution in [2.24, 2.45) is 5.73 Å². The van der Waals surface area contributed by atoms with Crippen molar-refractivity contribution < 1.29 is 4.74 Å². The molecule has 0 aliphatic heterocycles. The lowest BCUT2D eigenvalue weighted by Gasteiger charge is -2.08.